The van der Waals surface area contributed by atoms with E-state index < -0.39 is 0 Å². The Hall–Kier alpha value is -1.63. The molecule has 1 amide bonds. The minimum atomic E-state index is -0.146. The fourth-order valence-corrected chi connectivity index (χ4v) is 5.34. The number of hydrogen-bond donors (Lipinski definition) is 2. The summed E-state index contributed by atoms with van der Waals surface area (Å²) in [6.07, 6.45) is 3.01. The quantitative estimate of drug-likeness (QED) is 0.807. The zero-order chi connectivity index (χ0) is 16.4. The van der Waals surface area contributed by atoms with Crippen molar-refractivity contribution in [2.75, 3.05) is 16.8 Å². The van der Waals surface area contributed by atoms with Crippen LogP contribution < -0.4 is 11.1 Å². The minimum Gasteiger partial charge on any atom is -0.374 e. The molecule has 0 fully saturated rings. The van der Waals surface area contributed by atoms with Gasteiger partial charge in [0.1, 0.15) is 11.1 Å². The number of thiophene rings is 1. The summed E-state index contributed by atoms with van der Waals surface area (Å²) in [5, 5.41) is 20.9. The Morgan fingerprint density at radius 1 is 1.52 bits per heavy atom. The van der Waals surface area contributed by atoms with E-state index in [1.54, 1.807) is 0 Å². The first-order valence-corrected chi connectivity index (χ1v) is 9.75. The van der Waals surface area contributed by atoms with Crippen LogP contribution in [-0.2, 0) is 17.6 Å². The average Bonchev–Trinajstić information content (AvgIpc) is 3.07. The maximum absolute atomic E-state index is 12.1. The number of nitrogen functional groups attached to an aromatic ring is 1. The van der Waals surface area contributed by atoms with Crippen LogP contribution in [-0.4, -0.2) is 21.9 Å². The minimum absolute atomic E-state index is 0.146. The van der Waals surface area contributed by atoms with Gasteiger partial charge < -0.3 is 11.1 Å². The predicted molar refractivity (Wildman–Crippen MR) is 93.9 cm³/mol. The SMILES string of the molecule is C[C@H]1CCc2c(sc(NC(=O)CSc3nnc(N)s3)c2C#N)C1. The standard InChI is InChI=1S/C14H15N5OS3/c1-7-2-3-8-9(5-15)12(22-10(8)4-7)17-11(20)6-21-14-19-18-13(16)23-14/h7H,2-4,6H2,1H3,(H2,16,18)(H,17,20)/t7-/m0/s1. The summed E-state index contributed by atoms with van der Waals surface area (Å²) in [7, 11) is 0. The number of nitrogens with one attached hydrogen (secondary N) is 1. The molecule has 0 saturated heterocycles. The van der Waals surface area contributed by atoms with Crippen LogP contribution in [0.4, 0.5) is 10.1 Å². The molecule has 9 heteroatoms. The summed E-state index contributed by atoms with van der Waals surface area (Å²) in [6, 6.07) is 2.25. The predicted octanol–water partition coefficient (Wildman–Crippen LogP) is 2.91. The van der Waals surface area contributed by atoms with Gasteiger partial charge in [0.2, 0.25) is 11.0 Å². The maximum Gasteiger partial charge on any atom is 0.235 e. The number of carbonyl (C=O) groups excluding carboxylic acids is 1. The molecule has 0 saturated carbocycles. The highest BCUT2D eigenvalue weighted by atomic mass is 32.2. The molecule has 3 rings (SSSR count). The Morgan fingerprint density at radius 2 is 2.35 bits per heavy atom. The van der Waals surface area contributed by atoms with Gasteiger partial charge >= 0.3 is 0 Å². The van der Waals surface area contributed by atoms with Crippen molar-refractivity contribution in [2.45, 2.75) is 30.5 Å². The van der Waals surface area contributed by atoms with Crippen LogP contribution in [0.3, 0.4) is 0 Å². The van der Waals surface area contributed by atoms with Crippen LogP contribution in [0, 0.1) is 17.2 Å². The molecule has 2 heterocycles. The van der Waals surface area contributed by atoms with Crippen molar-refractivity contribution in [2.24, 2.45) is 5.92 Å². The number of fused-ring (bicyclic) bond motifs is 1. The number of nitrogens with two attached hydrogens (primary N) is 1. The summed E-state index contributed by atoms with van der Waals surface area (Å²) in [6.45, 7) is 2.22. The Kier molecular flexibility index (Phi) is 4.84. The Labute approximate surface area is 146 Å². The van der Waals surface area contributed by atoms with E-state index in [0.717, 1.165) is 24.8 Å². The number of aromatic nitrogens is 2. The molecule has 23 heavy (non-hydrogen) atoms. The van der Waals surface area contributed by atoms with Crippen LogP contribution in [0.1, 0.15) is 29.3 Å². The lowest BCUT2D eigenvalue weighted by Crippen LogP contribution is -2.14. The second-order valence-electron chi connectivity index (χ2n) is 5.41. The monoisotopic (exact) mass is 365 g/mol. The van der Waals surface area contributed by atoms with Crippen molar-refractivity contribution in [1.82, 2.24) is 10.2 Å². The largest absolute Gasteiger partial charge is 0.374 e. The van der Waals surface area contributed by atoms with Crippen molar-refractivity contribution in [3.05, 3.63) is 16.0 Å². The molecular weight excluding hydrogens is 350 g/mol. The van der Waals surface area contributed by atoms with Crippen LogP contribution in [0.5, 0.6) is 0 Å². The van der Waals surface area contributed by atoms with E-state index in [9.17, 15) is 10.1 Å². The van der Waals surface area contributed by atoms with Gasteiger partial charge in [-0.1, -0.05) is 30.0 Å². The number of thioether (sulfide) groups is 1. The van der Waals surface area contributed by atoms with Gasteiger partial charge in [-0.3, -0.25) is 4.79 Å². The fourth-order valence-electron chi connectivity index (χ4n) is 2.53. The van der Waals surface area contributed by atoms with Gasteiger partial charge in [-0.15, -0.1) is 21.5 Å². The molecule has 3 N–H and O–H groups in total. The normalized spacial score (nSPS) is 16.6. The number of amides is 1. The van der Waals surface area contributed by atoms with Gasteiger partial charge in [0.25, 0.3) is 0 Å². The molecule has 1 aliphatic rings. The number of rotatable bonds is 4. The molecule has 0 aromatic carbocycles. The topological polar surface area (TPSA) is 105 Å². The van der Waals surface area contributed by atoms with E-state index in [4.69, 9.17) is 5.73 Å². The van der Waals surface area contributed by atoms with Gasteiger partial charge in [0.15, 0.2) is 4.34 Å². The first kappa shape index (κ1) is 16.2. The lowest BCUT2D eigenvalue weighted by molar-refractivity contribution is -0.113. The van der Waals surface area contributed by atoms with Gasteiger partial charge in [-0.05, 0) is 30.7 Å². The molecule has 120 valence electrons. The molecule has 0 aliphatic heterocycles. The molecule has 2 aromatic rings. The number of anilines is 2. The Balaban J connectivity index is 1.67. The summed E-state index contributed by atoms with van der Waals surface area (Å²) >= 11 is 4.08. The van der Waals surface area contributed by atoms with Crippen molar-refractivity contribution in [3.8, 4) is 6.07 Å². The summed E-state index contributed by atoms with van der Waals surface area (Å²) in [5.41, 5.74) is 7.27. The first-order chi connectivity index (χ1) is 11.1. The lowest BCUT2D eigenvalue weighted by atomic mass is 9.89. The summed E-state index contributed by atoms with van der Waals surface area (Å²) in [5.74, 6) is 0.708. The van der Waals surface area contributed by atoms with Gasteiger partial charge in [-0.2, -0.15) is 5.26 Å². The maximum atomic E-state index is 12.1. The molecule has 1 atom stereocenters. The molecule has 6 nitrogen and oxygen atoms in total. The second kappa shape index (κ2) is 6.86. The third-order valence-corrected chi connectivity index (χ3v) is 6.68. The number of nitriles is 1. The fraction of sp³-hybridized carbons (Fsp3) is 0.429. The average molecular weight is 366 g/mol. The smallest absolute Gasteiger partial charge is 0.235 e. The lowest BCUT2D eigenvalue weighted by Gasteiger charge is -2.17. The van der Waals surface area contributed by atoms with Crippen LogP contribution in [0.2, 0.25) is 0 Å². The van der Waals surface area contributed by atoms with E-state index in [1.165, 1.54) is 39.3 Å². The summed E-state index contributed by atoms with van der Waals surface area (Å²) in [4.78, 5) is 13.4. The zero-order valence-corrected chi connectivity index (χ0v) is 14.9. The summed E-state index contributed by atoms with van der Waals surface area (Å²) < 4.78 is 0.664. The number of nitrogens with zero attached hydrogens (tertiary/aromatic N) is 3. The van der Waals surface area contributed by atoms with Crippen molar-refractivity contribution in [3.63, 3.8) is 0 Å². The van der Waals surface area contributed by atoms with E-state index in [0.29, 0.717) is 26.0 Å². The first-order valence-electron chi connectivity index (χ1n) is 7.13. The Bertz CT molecular complexity index is 776. The second-order valence-corrected chi connectivity index (χ2v) is 8.75. The van der Waals surface area contributed by atoms with Gasteiger partial charge in [0, 0.05) is 4.88 Å². The third kappa shape index (κ3) is 3.65. The molecule has 0 unspecified atom stereocenters. The van der Waals surface area contributed by atoms with Gasteiger partial charge in [0.05, 0.1) is 11.3 Å². The molecule has 2 aromatic heterocycles. The number of hydrogen-bond acceptors (Lipinski definition) is 8. The van der Waals surface area contributed by atoms with Gasteiger partial charge in [-0.25, -0.2) is 0 Å². The van der Waals surface area contributed by atoms with Crippen molar-refractivity contribution >= 4 is 50.5 Å². The highest BCUT2D eigenvalue weighted by Gasteiger charge is 2.24. The molecule has 0 spiro atoms. The number of carbonyl (C=O) groups is 1. The molecule has 0 bridgehead atoms. The van der Waals surface area contributed by atoms with Crippen molar-refractivity contribution < 1.29 is 4.79 Å². The van der Waals surface area contributed by atoms with E-state index in [-0.39, 0.29) is 11.7 Å². The highest BCUT2D eigenvalue weighted by Crippen LogP contribution is 2.39. The van der Waals surface area contributed by atoms with Crippen LogP contribution >= 0.6 is 34.4 Å². The van der Waals surface area contributed by atoms with E-state index >= 15 is 0 Å². The van der Waals surface area contributed by atoms with Crippen LogP contribution in [0.15, 0.2) is 4.34 Å². The van der Waals surface area contributed by atoms with E-state index in [2.05, 4.69) is 28.5 Å². The highest BCUT2D eigenvalue weighted by molar-refractivity contribution is 8.01. The molecule has 1 aliphatic carbocycles. The third-order valence-electron chi connectivity index (χ3n) is 3.63. The molecular formula is C14H15N5OS3. The van der Waals surface area contributed by atoms with Crippen molar-refractivity contribution in [1.29, 1.82) is 5.26 Å². The zero-order valence-electron chi connectivity index (χ0n) is 12.5. The molecule has 0 radical (unpaired) electrons. The van der Waals surface area contributed by atoms with E-state index in [1.807, 2.05) is 0 Å². The van der Waals surface area contributed by atoms with Crippen LogP contribution in [0.25, 0.3) is 0 Å². The Morgan fingerprint density at radius 3 is 3.04 bits per heavy atom.